The Hall–Kier alpha value is -2.56. The zero-order valence-corrected chi connectivity index (χ0v) is 11.3. The normalized spacial score (nSPS) is 10.1. The molecule has 0 radical (unpaired) electrons. The molecule has 0 amide bonds. The van der Waals surface area contributed by atoms with Crippen LogP contribution in [0.3, 0.4) is 0 Å². The molecule has 0 fully saturated rings. The van der Waals surface area contributed by atoms with Crippen LogP contribution in [-0.4, -0.2) is 22.7 Å². The van der Waals surface area contributed by atoms with Crippen molar-refractivity contribution in [1.82, 2.24) is 4.98 Å². The highest BCUT2D eigenvalue weighted by atomic mass is 16.5. The van der Waals surface area contributed by atoms with E-state index in [0.717, 1.165) is 0 Å². The first kappa shape index (κ1) is 13.9. The lowest BCUT2D eigenvalue weighted by atomic mass is 10.2. The van der Waals surface area contributed by atoms with Crippen LogP contribution in [0.4, 0.5) is 0 Å². The van der Waals surface area contributed by atoms with E-state index in [9.17, 15) is 4.79 Å². The van der Waals surface area contributed by atoms with Crippen LogP contribution >= 0.6 is 0 Å². The molecule has 1 aromatic heterocycles. The van der Waals surface area contributed by atoms with Gasteiger partial charge in [-0.1, -0.05) is 6.07 Å². The Labute approximate surface area is 116 Å². The lowest BCUT2D eigenvalue weighted by Crippen LogP contribution is -2.00. The molecule has 0 bridgehead atoms. The van der Waals surface area contributed by atoms with Crippen LogP contribution < -0.4 is 9.47 Å². The number of carbonyl (C=O) groups is 1. The smallest absolute Gasteiger partial charge is 0.337 e. The highest BCUT2D eigenvalue weighted by Crippen LogP contribution is 2.26. The van der Waals surface area contributed by atoms with Crippen LogP contribution in [-0.2, 0) is 0 Å². The van der Waals surface area contributed by atoms with Crippen molar-refractivity contribution in [3.05, 3.63) is 47.7 Å². The summed E-state index contributed by atoms with van der Waals surface area (Å²) in [6, 6.07) is 8.73. The van der Waals surface area contributed by atoms with Crippen LogP contribution in [0.5, 0.6) is 17.4 Å². The molecule has 0 aliphatic carbocycles. The summed E-state index contributed by atoms with van der Waals surface area (Å²) in [5.41, 5.74) is 0.796. The SMILES string of the molecule is CCOc1cccc(Oc2ncc(C(=O)O)cc2C)c1. The lowest BCUT2D eigenvalue weighted by Gasteiger charge is -2.09. The number of aromatic nitrogens is 1. The van der Waals surface area contributed by atoms with Crippen molar-refractivity contribution in [3.8, 4) is 17.4 Å². The van der Waals surface area contributed by atoms with Gasteiger partial charge in [0.25, 0.3) is 0 Å². The molecule has 20 heavy (non-hydrogen) atoms. The Bertz CT molecular complexity index is 625. The van der Waals surface area contributed by atoms with Crippen LogP contribution in [0.2, 0.25) is 0 Å². The van der Waals surface area contributed by atoms with E-state index in [1.54, 1.807) is 19.1 Å². The van der Waals surface area contributed by atoms with Crippen molar-refractivity contribution in [2.24, 2.45) is 0 Å². The third-order valence-corrected chi connectivity index (χ3v) is 2.61. The minimum atomic E-state index is -1.01. The van der Waals surface area contributed by atoms with E-state index in [-0.39, 0.29) is 5.56 Å². The third-order valence-electron chi connectivity index (χ3n) is 2.61. The molecule has 0 aliphatic rings. The summed E-state index contributed by atoms with van der Waals surface area (Å²) >= 11 is 0. The standard InChI is InChI=1S/C15H15NO4/c1-3-19-12-5-4-6-13(8-12)20-14-10(2)7-11(9-16-14)15(17)18/h4-9H,3H2,1-2H3,(H,17,18). The molecule has 0 saturated heterocycles. The minimum absolute atomic E-state index is 0.137. The first-order valence-electron chi connectivity index (χ1n) is 6.21. The van der Waals surface area contributed by atoms with Gasteiger partial charge in [0, 0.05) is 17.8 Å². The largest absolute Gasteiger partial charge is 0.494 e. The predicted molar refractivity (Wildman–Crippen MR) is 73.6 cm³/mol. The average Bonchev–Trinajstić information content (AvgIpc) is 2.42. The van der Waals surface area contributed by atoms with Crippen molar-refractivity contribution in [2.75, 3.05) is 6.61 Å². The molecule has 104 valence electrons. The summed E-state index contributed by atoms with van der Waals surface area (Å²) in [6.07, 6.45) is 1.27. The van der Waals surface area contributed by atoms with E-state index in [1.165, 1.54) is 12.3 Å². The molecule has 0 unspecified atom stereocenters. The van der Waals surface area contributed by atoms with Gasteiger partial charge in [-0.25, -0.2) is 9.78 Å². The van der Waals surface area contributed by atoms with Gasteiger partial charge in [-0.15, -0.1) is 0 Å². The summed E-state index contributed by atoms with van der Waals surface area (Å²) < 4.78 is 11.0. The zero-order chi connectivity index (χ0) is 14.5. The maximum atomic E-state index is 10.8. The molecule has 1 aromatic carbocycles. The third kappa shape index (κ3) is 3.26. The second-order valence-corrected chi connectivity index (χ2v) is 4.16. The van der Waals surface area contributed by atoms with Gasteiger partial charge in [-0.3, -0.25) is 0 Å². The van der Waals surface area contributed by atoms with Gasteiger partial charge in [0.15, 0.2) is 0 Å². The molecule has 2 aromatic rings. The van der Waals surface area contributed by atoms with Crippen molar-refractivity contribution >= 4 is 5.97 Å². The molecule has 1 N–H and O–H groups in total. The molecule has 0 atom stereocenters. The van der Waals surface area contributed by atoms with Gasteiger partial charge in [0.05, 0.1) is 12.2 Å². The number of carboxylic acid groups (broad SMARTS) is 1. The maximum Gasteiger partial charge on any atom is 0.337 e. The molecule has 2 rings (SSSR count). The molecule has 0 saturated carbocycles. The zero-order valence-electron chi connectivity index (χ0n) is 11.3. The number of pyridine rings is 1. The number of carboxylic acids is 1. The molecule has 5 heteroatoms. The van der Waals surface area contributed by atoms with Gasteiger partial charge in [-0.2, -0.15) is 0 Å². The van der Waals surface area contributed by atoms with E-state index >= 15 is 0 Å². The molecular weight excluding hydrogens is 258 g/mol. The molecule has 5 nitrogen and oxygen atoms in total. The predicted octanol–water partition coefficient (Wildman–Crippen LogP) is 3.28. The molecule has 1 heterocycles. The lowest BCUT2D eigenvalue weighted by molar-refractivity contribution is 0.0696. The van der Waals surface area contributed by atoms with Crippen LogP contribution in [0.25, 0.3) is 0 Å². The average molecular weight is 273 g/mol. The van der Waals surface area contributed by atoms with Gasteiger partial charge >= 0.3 is 5.97 Å². The Morgan fingerprint density at radius 1 is 1.30 bits per heavy atom. The van der Waals surface area contributed by atoms with Gasteiger partial charge in [0.2, 0.25) is 5.88 Å². The molecule has 0 aliphatic heterocycles. The maximum absolute atomic E-state index is 10.8. The fourth-order valence-electron chi connectivity index (χ4n) is 1.69. The fraction of sp³-hybridized carbons (Fsp3) is 0.200. The summed E-state index contributed by atoms with van der Waals surface area (Å²) in [6.45, 7) is 4.24. The highest BCUT2D eigenvalue weighted by Gasteiger charge is 2.09. The van der Waals surface area contributed by atoms with E-state index < -0.39 is 5.97 Å². The summed E-state index contributed by atoms with van der Waals surface area (Å²) in [4.78, 5) is 14.9. The van der Waals surface area contributed by atoms with Crippen molar-refractivity contribution in [1.29, 1.82) is 0 Å². The van der Waals surface area contributed by atoms with Crippen LogP contribution in [0, 0.1) is 6.92 Å². The van der Waals surface area contributed by atoms with E-state index in [1.807, 2.05) is 19.1 Å². The van der Waals surface area contributed by atoms with Crippen molar-refractivity contribution in [3.63, 3.8) is 0 Å². The second-order valence-electron chi connectivity index (χ2n) is 4.16. The van der Waals surface area contributed by atoms with E-state index in [0.29, 0.717) is 29.5 Å². The fourth-order valence-corrected chi connectivity index (χ4v) is 1.69. The number of nitrogens with zero attached hydrogens (tertiary/aromatic N) is 1. The Morgan fingerprint density at radius 3 is 2.70 bits per heavy atom. The number of benzene rings is 1. The molecule has 0 spiro atoms. The summed E-state index contributed by atoms with van der Waals surface area (Å²) in [5.74, 6) is 0.675. The molecular formula is C15H15NO4. The number of aryl methyl sites for hydroxylation is 1. The first-order chi connectivity index (χ1) is 9.60. The summed E-state index contributed by atoms with van der Waals surface area (Å²) in [7, 11) is 0. The highest BCUT2D eigenvalue weighted by molar-refractivity contribution is 5.87. The van der Waals surface area contributed by atoms with Crippen LogP contribution in [0.15, 0.2) is 36.5 Å². The second kappa shape index (κ2) is 6.06. The van der Waals surface area contributed by atoms with Gasteiger partial charge in [0.1, 0.15) is 11.5 Å². The van der Waals surface area contributed by atoms with Crippen molar-refractivity contribution in [2.45, 2.75) is 13.8 Å². The topological polar surface area (TPSA) is 68.7 Å². The number of hydrogen-bond donors (Lipinski definition) is 1. The Balaban J connectivity index is 2.21. The van der Waals surface area contributed by atoms with Crippen LogP contribution in [0.1, 0.15) is 22.8 Å². The number of hydrogen-bond acceptors (Lipinski definition) is 4. The summed E-state index contributed by atoms with van der Waals surface area (Å²) in [5, 5.41) is 8.89. The monoisotopic (exact) mass is 273 g/mol. The number of ether oxygens (including phenoxy) is 2. The van der Waals surface area contributed by atoms with Crippen molar-refractivity contribution < 1.29 is 19.4 Å². The van der Waals surface area contributed by atoms with E-state index in [4.69, 9.17) is 14.6 Å². The Kier molecular flexibility index (Phi) is 4.20. The quantitative estimate of drug-likeness (QED) is 0.905. The van der Waals surface area contributed by atoms with E-state index in [2.05, 4.69) is 4.98 Å². The minimum Gasteiger partial charge on any atom is -0.494 e. The Morgan fingerprint density at radius 2 is 2.05 bits per heavy atom. The van der Waals surface area contributed by atoms with Gasteiger partial charge < -0.3 is 14.6 Å². The number of rotatable bonds is 5. The first-order valence-corrected chi connectivity index (χ1v) is 6.21. The number of aromatic carboxylic acids is 1. The van der Waals surface area contributed by atoms with Gasteiger partial charge in [-0.05, 0) is 32.0 Å².